The van der Waals surface area contributed by atoms with Crippen molar-refractivity contribution in [2.45, 2.75) is 13.8 Å². The molecule has 0 aliphatic carbocycles. The van der Waals surface area contributed by atoms with Gasteiger partial charge < -0.3 is 4.98 Å². The molecular formula is C28H20N4. The largest absolute Gasteiger partial charge is 0.354 e. The van der Waals surface area contributed by atoms with E-state index in [2.05, 4.69) is 87.8 Å². The van der Waals surface area contributed by atoms with E-state index in [-0.39, 0.29) is 0 Å². The first-order valence-corrected chi connectivity index (χ1v) is 10.8. The van der Waals surface area contributed by atoms with E-state index < -0.39 is 0 Å². The fourth-order valence-corrected chi connectivity index (χ4v) is 5.24. The Bertz CT molecular complexity index is 1850. The summed E-state index contributed by atoms with van der Waals surface area (Å²) in [5.74, 6) is 0. The summed E-state index contributed by atoms with van der Waals surface area (Å²) in [5.41, 5.74) is 9.46. The minimum Gasteiger partial charge on any atom is -0.354 e. The van der Waals surface area contributed by atoms with Crippen LogP contribution in [0.4, 0.5) is 0 Å². The highest BCUT2D eigenvalue weighted by Gasteiger charge is 2.16. The number of aromatic amines is 1. The van der Waals surface area contributed by atoms with Gasteiger partial charge in [-0.2, -0.15) is 0 Å². The summed E-state index contributed by atoms with van der Waals surface area (Å²) in [5, 5.41) is 6.00. The Morgan fingerprint density at radius 1 is 0.781 bits per heavy atom. The smallest absolute Gasteiger partial charge is 0.145 e. The number of pyridine rings is 2. The van der Waals surface area contributed by atoms with E-state index in [0.29, 0.717) is 0 Å². The van der Waals surface area contributed by atoms with Gasteiger partial charge in [0.1, 0.15) is 5.65 Å². The predicted octanol–water partition coefficient (Wildman–Crippen LogP) is 6.95. The standard InChI is InChI=1S/C28H20N4/c1-16-5-3-4-6-18(16)22-14-24-23(13-17(22)2)19-7-8-21-26(27(19)31-24)20-9-10-29-15-25(20)32-12-11-30-28(21)32/h3-15,31H,1-2H3. The highest BCUT2D eigenvalue weighted by atomic mass is 15.0. The van der Waals surface area contributed by atoms with Crippen molar-refractivity contribution >= 4 is 49.1 Å². The Kier molecular flexibility index (Phi) is 3.37. The zero-order valence-corrected chi connectivity index (χ0v) is 17.8. The van der Waals surface area contributed by atoms with Gasteiger partial charge in [-0.3, -0.25) is 9.38 Å². The number of aromatic nitrogens is 4. The van der Waals surface area contributed by atoms with Gasteiger partial charge >= 0.3 is 0 Å². The molecule has 0 fully saturated rings. The molecule has 0 aliphatic rings. The first-order chi connectivity index (χ1) is 15.7. The third kappa shape index (κ3) is 2.21. The van der Waals surface area contributed by atoms with E-state index >= 15 is 0 Å². The molecule has 0 saturated carbocycles. The fraction of sp³-hybridized carbons (Fsp3) is 0.0714. The number of aryl methyl sites for hydroxylation is 2. The van der Waals surface area contributed by atoms with Crippen LogP contribution >= 0.6 is 0 Å². The number of hydrogen-bond donors (Lipinski definition) is 1. The van der Waals surface area contributed by atoms with Crippen LogP contribution in [0.25, 0.3) is 60.3 Å². The maximum absolute atomic E-state index is 4.66. The normalized spacial score (nSPS) is 12.1. The molecular weight excluding hydrogens is 392 g/mol. The number of hydrogen-bond acceptors (Lipinski definition) is 2. The Morgan fingerprint density at radius 3 is 2.56 bits per heavy atom. The van der Waals surface area contributed by atoms with Crippen molar-refractivity contribution in [3.8, 4) is 11.1 Å². The molecule has 0 unspecified atom stereocenters. The Labute approximate surface area is 184 Å². The van der Waals surface area contributed by atoms with Crippen molar-refractivity contribution in [1.82, 2.24) is 19.4 Å². The maximum Gasteiger partial charge on any atom is 0.145 e. The highest BCUT2D eigenvalue weighted by molar-refractivity contribution is 6.26. The summed E-state index contributed by atoms with van der Waals surface area (Å²) in [6.45, 7) is 4.38. The lowest BCUT2D eigenvalue weighted by Gasteiger charge is -2.10. The quantitative estimate of drug-likeness (QED) is 0.296. The molecule has 1 N–H and O–H groups in total. The van der Waals surface area contributed by atoms with Gasteiger partial charge in [-0.15, -0.1) is 0 Å². The number of imidazole rings is 1. The highest BCUT2D eigenvalue weighted by Crippen LogP contribution is 2.39. The summed E-state index contributed by atoms with van der Waals surface area (Å²) < 4.78 is 2.12. The lowest BCUT2D eigenvalue weighted by Crippen LogP contribution is -1.91. The van der Waals surface area contributed by atoms with E-state index in [0.717, 1.165) is 27.6 Å². The number of fused-ring (bicyclic) bond motifs is 10. The van der Waals surface area contributed by atoms with Crippen LogP contribution in [-0.4, -0.2) is 19.4 Å². The van der Waals surface area contributed by atoms with Crippen LogP contribution in [0, 0.1) is 13.8 Å². The van der Waals surface area contributed by atoms with Gasteiger partial charge in [0.15, 0.2) is 0 Å². The van der Waals surface area contributed by atoms with Crippen LogP contribution in [0.3, 0.4) is 0 Å². The Balaban J connectivity index is 1.66. The monoisotopic (exact) mass is 412 g/mol. The van der Waals surface area contributed by atoms with E-state index in [9.17, 15) is 0 Å². The van der Waals surface area contributed by atoms with Gasteiger partial charge in [0.25, 0.3) is 0 Å². The first kappa shape index (κ1) is 17.5. The molecule has 0 radical (unpaired) electrons. The zero-order valence-electron chi connectivity index (χ0n) is 17.8. The van der Waals surface area contributed by atoms with Crippen LogP contribution in [0.15, 0.2) is 79.4 Å². The summed E-state index contributed by atoms with van der Waals surface area (Å²) in [6, 6.07) is 19.7. The maximum atomic E-state index is 4.66. The molecule has 3 aromatic carbocycles. The Hall–Kier alpha value is -4.18. The van der Waals surface area contributed by atoms with Crippen LogP contribution < -0.4 is 0 Å². The second-order valence-electron chi connectivity index (χ2n) is 8.58. The fourth-order valence-electron chi connectivity index (χ4n) is 5.24. The number of rotatable bonds is 1. The molecule has 4 heteroatoms. The van der Waals surface area contributed by atoms with Gasteiger partial charge in [-0.05, 0) is 60.4 Å². The van der Waals surface area contributed by atoms with Crippen molar-refractivity contribution in [1.29, 1.82) is 0 Å². The van der Waals surface area contributed by atoms with Crippen LogP contribution in [0.1, 0.15) is 11.1 Å². The average molecular weight is 412 g/mol. The van der Waals surface area contributed by atoms with Crippen LogP contribution in [0.5, 0.6) is 0 Å². The average Bonchev–Trinajstić information content (AvgIpc) is 3.44. The van der Waals surface area contributed by atoms with E-state index in [1.807, 2.05) is 24.8 Å². The molecule has 0 amide bonds. The molecule has 0 spiro atoms. The topological polar surface area (TPSA) is 46.0 Å². The molecule has 4 aromatic heterocycles. The summed E-state index contributed by atoms with van der Waals surface area (Å²) >= 11 is 0. The number of nitrogens with one attached hydrogen (secondary N) is 1. The minimum atomic E-state index is 0.956. The van der Waals surface area contributed by atoms with Crippen molar-refractivity contribution in [3.63, 3.8) is 0 Å². The van der Waals surface area contributed by atoms with Gasteiger partial charge in [0, 0.05) is 51.0 Å². The molecule has 0 atom stereocenters. The van der Waals surface area contributed by atoms with Crippen molar-refractivity contribution in [2.75, 3.05) is 0 Å². The molecule has 4 nitrogen and oxygen atoms in total. The van der Waals surface area contributed by atoms with E-state index in [1.54, 1.807) is 0 Å². The summed E-state index contributed by atoms with van der Waals surface area (Å²) in [4.78, 5) is 12.8. The molecule has 4 heterocycles. The van der Waals surface area contributed by atoms with Crippen molar-refractivity contribution in [3.05, 3.63) is 90.5 Å². The number of nitrogens with zero attached hydrogens (tertiary/aromatic N) is 3. The second-order valence-corrected chi connectivity index (χ2v) is 8.58. The SMILES string of the molecule is Cc1ccccc1-c1cc2[nH]c3c(ccc4c3c3ccncc3n3ccnc43)c2cc1C. The summed E-state index contributed by atoms with van der Waals surface area (Å²) in [7, 11) is 0. The van der Waals surface area contributed by atoms with Crippen LogP contribution in [-0.2, 0) is 0 Å². The zero-order chi connectivity index (χ0) is 21.4. The number of H-pyrrole nitrogens is 1. The summed E-state index contributed by atoms with van der Waals surface area (Å²) in [6.07, 6.45) is 7.65. The second kappa shape index (κ2) is 6.17. The van der Waals surface area contributed by atoms with Crippen molar-refractivity contribution < 1.29 is 0 Å². The Morgan fingerprint density at radius 2 is 1.66 bits per heavy atom. The third-order valence-corrected chi connectivity index (χ3v) is 6.77. The molecule has 0 aliphatic heterocycles. The molecule has 7 aromatic rings. The molecule has 0 saturated heterocycles. The third-order valence-electron chi connectivity index (χ3n) is 6.77. The van der Waals surface area contributed by atoms with Crippen LogP contribution in [0.2, 0.25) is 0 Å². The van der Waals surface area contributed by atoms with E-state index in [4.69, 9.17) is 0 Å². The molecule has 32 heavy (non-hydrogen) atoms. The minimum absolute atomic E-state index is 0.956. The lowest BCUT2D eigenvalue weighted by atomic mass is 9.95. The van der Waals surface area contributed by atoms with Gasteiger partial charge in [-0.1, -0.05) is 30.3 Å². The molecule has 152 valence electrons. The number of benzene rings is 3. The van der Waals surface area contributed by atoms with Gasteiger partial charge in [0.2, 0.25) is 0 Å². The van der Waals surface area contributed by atoms with E-state index in [1.165, 1.54) is 43.8 Å². The van der Waals surface area contributed by atoms with Crippen molar-refractivity contribution in [2.24, 2.45) is 0 Å². The lowest BCUT2D eigenvalue weighted by molar-refractivity contribution is 1.24. The predicted molar refractivity (Wildman–Crippen MR) is 132 cm³/mol. The first-order valence-electron chi connectivity index (χ1n) is 10.8. The molecule has 7 rings (SSSR count). The van der Waals surface area contributed by atoms with Gasteiger partial charge in [0.05, 0.1) is 17.2 Å². The molecule has 0 bridgehead atoms. The van der Waals surface area contributed by atoms with Gasteiger partial charge in [-0.25, -0.2) is 4.98 Å².